The monoisotopic (exact) mass is 338 g/mol. The molecule has 0 heterocycles. The number of hydrogen-bond acceptors (Lipinski definition) is 2. The molecule has 2 atom stereocenters. The van der Waals surface area contributed by atoms with Crippen molar-refractivity contribution in [3.8, 4) is 5.75 Å². The van der Waals surface area contributed by atoms with Gasteiger partial charge in [0.05, 0.1) is 6.61 Å². The minimum Gasteiger partial charge on any atom is -0.490 e. The van der Waals surface area contributed by atoms with Crippen LogP contribution in [0.15, 0.2) is 24.3 Å². The van der Waals surface area contributed by atoms with E-state index in [4.69, 9.17) is 9.47 Å². The molecule has 2 aliphatic rings. The summed E-state index contributed by atoms with van der Waals surface area (Å²) >= 11 is 3.87. The zero-order chi connectivity index (χ0) is 14.0. The average Bonchev–Trinajstić information content (AvgIpc) is 2.49. The summed E-state index contributed by atoms with van der Waals surface area (Å²) in [6.07, 6.45) is 8.23. The molecule has 3 rings (SSSR count). The SMILES string of the molecule is COCc1cccc(OC2CC(Br)C23CCCCC3)c1. The lowest BCUT2D eigenvalue weighted by atomic mass is 9.58. The van der Waals surface area contributed by atoms with Crippen LogP contribution in [-0.4, -0.2) is 18.0 Å². The molecule has 0 saturated heterocycles. The zero-order valence-corrected chi connectivity index (χ0v) is 13.7. The number of benzene rings is 1. The zero-order valence-electron chi connectivity index (χ0n) is 12.1. The van der Waals surface area contributed by atoms with Gasteiger partial charge in [-0.25, -0.2) is 0 Å². The van der Waals surface area contributed by atoms with Gasteiger partial charge in [0, 0.05) is 17.4 Å². The molecule has 1 aromatic rings. The van der Waals surface area contributed by atoms with Crippen molar-refractivity contribution in [2.75, 3.05) is 7.11 Å². The highest BCUT2D eigenvalue weighted by Crippen LogP contribution is 2.56. The number of alkyl halides is 1. The molecule has 1 spiro atoms. The highest BCUT2D eigenvalue weighted by molar-refractivity contribution is 9.09. The van der Waals surface area contributed by atoms with E-state index in [-0.39, 0.29) is 0 Å². The Kier molecular flexibility index (Phi) is 4.37. The predicted molar refractivity (Wildman–Crippen MR) is 84.4 cm³/mol. The van der Waals surface area contributed by atoms with Crippen molar-refractivity contribution >= 4 is 15.9 Å². The summed E-state index contributed by atoms with van der Waals surface area (Å²) in [6, 6.07) is 8.32. The van der Waals surface area contributed by atoms with E-state index in [1.165, 1.54) is 37.7 Å². The van der Waals surface area contributed by atoms with Crippen LogP contribution in [0.5, 0.6) is 5.75 Å². The van der Waals surface area contributed by atoms with Crippen molar-refractivity contribution < 1.29 is 9.47 Å². The van der Waals surface area contributed by atoms with Crippen molar-refractivity contribution in [3.63, 3.8) is 0 Å². The smallest absolute Gasteiger partial charge is 0.120 e. The number of rotatable bonds is 4. The van der Waals surface area contributed by atoms with Crippen molar-refractivity contribution in [1.82, 2.24) is 0 Å². The topological polar surface area (TPSA) is 18.5 Å². The van der Waals surface area contributed by atoms with Gasteiger partial charge < -0.3 is 9.47 Å². The molecular formula is C17H23BrO2. The standard InChI is InChI=1S/C17H23BrO2/c1-19-12-13-6-5-7-14(10-13)20-16-11-15(18)17(16)8-3-2-4-9-17/h5-7,10,15-16H,2-4,8-9,11-12H2,1H3. The Morgan fingerprint density at radius 1 is 1.25 bits per heavy atom. The maximum Gasteiger partial charge on any atom is 0.120 e. The highest BCUT2D eigenvalue weighted by Gasteiger charge is 2.55. The Bertz CT molecular complexity index is 454. The summed E-state index contributed by atoms with van der Waals surface area (Å²) < 4.78 is 11.5. The fraction of sp³-hybridized carbons (Fsp3) is 0.647. The molecule has 2 aliphatic carbocycles. The van der Waals surface area contributed by atoms with Crippen LogP contribution in [0, 0.1) is 5.41 Å². The Hall–Kier alpha value is -0.540. The summed E-state index contributed by atoms with van der Waals surface area (Å²) in [7, 11) is 1.73. The quantitative estimate of drug-likeness (QED) is 0.741. The summed E-state index contributed by atoms with van der Waals surface area (Å²) in [6.45, 7) is 0.647. The van der Waals surface area contributed by atoms with E-state index in [1.807, 2.05) is 0 Å². The summed E-state index contributed by atoms with van der Waals surface area (Å²) in [5.41, 5.74) is 1.56. The van der Waals surface area contributed by atoms with Crippen molar-refractivity contribution in [2.45, 2.75) is 56.1 Å². The molecule has 0 N–H and O–H groups in total. The number of halogens is 1. The first-order chi connectivity index (χ1) is 9.74. The normalized spacial score (nSPS) is 28.1. The fourth-order valence-electron chi connectivity index (χ4n) is 3.75. The third-order valence-electron chi connectivity index (χ3n) is 4.96. The molecule has 0 aromatic heterocycles. The average molecular weight is 339 g/mol. The third kappa shape index (κ3) is 2.62. The molecule has 0 bridgehead atoms. The third-order valence-corrected chi connectivity index (χ3v) is 6.24. The summed E-state index contributed by atoms with van der Waals surface area (Å²) in [5, 5.41) is 0. The maximum atomic E-state index is 6.32. The van der Waals surface area contributed by atoms with Crippen LogP contribution in [0.3, 0.4) is 0 Å². The second-order valence-corrected chi connectivity index (χ2v) is 7.29. The van der Waals surface area contributed by atoms with Gasteiger partial charge in [-0.2, -0.15) is 0 Å². The van der Waals surface area contributed by atoms with Crippen molar-refractivity contribution in [1.29, 1.82) is 0 Å². The fourth-order valence-corrected chi connectivity index (χ4v) is 4.84. The highest BCUT2D eigenvalue weighted by atomic mass is 79.9. The molecule has 0 amide bonds. The molecule has 0 aliphatic heterocycles. The number of methoxy groups -OCH3 is 1. The van der Waals surface area contributed by atoms with Crippen LogP contribution in [0.2, 0.25) is 0 Å². The van der Waals surface area contributed by atoms with Gasteiger partial charge in [0.25, 0.3) is 0 Å². The van der Waals surface area contributed by atoms with Crippen LogP contribution < -0.4 is 4.74 Å². The first kappa shape index (κ1) is 14.4. The van der Waals surface area contributed by atoms with E-state index in [2.05, 4.69) is 40.2 Å². The summed E-state index contributed by atoms with van der Waals surface area (Å²) in [5.74, 6) is 0.994. The first-order valence-electron chi connectivity index (χ1n) is 7.63. The van der Waals surface area contributed by atoms with E-state index >= 15 is 0 Å². The van der Waals surface area contributed by atoms with Gasteiger partial charge in [-0.15, -0.1) is 0 Å². The molecule has 3 heteroatoms. The van der Waals surface area contributed by atoms with Crippen molar-refractivity contribution in [2.24, 2.45) is 5.41 Å². The van der Waals surface area contributed by atoms with Crippen LogP contribution in [0.25, 0.3) is 0 Å². The Morgan fingerprint density at radius 2 is 2.05 bits per heavy atom. The Morgan fingerprint density at radius 3 is 2.75 bits per heavy atom. The number of hydrogen-bond donors (Lipinski definition) is 0. The molecule has 1 aromatic carbocycles. The van der Waals surface area contributed by atoms with Crippen LogP contribution >= 0.6 is 15.9 Å². The van der Waals surface area contributed by atoms with Gasteiger partial charge in [0.2, 0.25) is 0 Å². The summed E-state index contributed by atoms with van der Waals surface area (Å²) in [4.78, 5) is 0.641. The lowest BCUT2D eigenvalue weighted by Gasteiger charge is -2.55. The van der Waals surface area contributed by atoms with Crippen molar-refractivity contribution in [3.05, 3.63) is 29.8 Å². The van der Waals surface area contributed by atoms with E-state index < -0.39 is 0 Å². The van der Waals surface area contributed by atoms with Crippen LogP contribution in [0.4, 0.5) is 0 Å². The van der Waals surface area contributed by atoms with Gasteiger partial charge in [0.15, 0.2) is 0 Å². The molecule has 2 fully saturated rings. The van der Waals surface area contributed by atoms with E-state index in [1.54, 1.807) is 7.11 Å². The molecule has 2 saturated carbocycles. The van der Waals surface area contributed by atoms with Crippen LogP contribution in [0.1, 0.15) is 44.1 Å². The molecule has 2 nitrogen and oxygen atoms in total. The Labute approximate surface area is 130 Å². The van der Waals surface area contributed by atoms with E-state index in [0.29, 0.717) is 23.0 Å². The predicted octanol–water partition coefficient (Wildman–Crippen LogP) is 4.70. The molecule has 0 radical (unpaired) electrons. The van der Waals surface area contributed by atoms with Gasteiger partial charge in [-0.05, 0) is 37.0 Å². The van der Waals surface area contributed by atoms with Gasteiger partial charge in [0.1, 0.15) is 11.9 Å². The van der Waals surface area contributed by atoms with E-state index in [0.717, 1.165) is 12.2 Å². The number of ether oxygens (including phenoxy) is 2. The lowest BCUT2D eigenvalue weighted by Crippen LogP contribution is -2.57. The Balaban J connectivity index is 1.69. The van der Waals surface area contributed by atoms with E-state index in [9.17, 15) is 0 Å². The largest absolute Gasteiger partial charge is 0.490 e. The maximum absolute atomic E-state index is 6.32. The minimum atomic E-state index is 0.380. The second kappa shape index (κ2) is 6.07. The minimum absolute atomic E-state index is 0.380. The second-order valence-electron chi connectivity index (χ2n) is 6.18. The molecule has 2 unspecified atom stereocenters. The lowest BCUT2D eigenvalue weighted by molar-refractivity contribution is -0.0601. The van der Waals surface area contributed by atoms with Gasteiger partial charge >= 0.3 is 0 Å². The first-order valence-corrected chi connectivity index (χ1v) is 8.55. The van der Waals surface area contributed by atoms with Gasteiger partial charge in [-0.3, -0.25) is 0 Å². The molecule has 20 heavy (non-hydrogen) atoms. The van der Waals surface area contributed by atoms with Gasteiger partial charge in [-0.1, -0.05) is 47.3 Å². The molecular weight excluding hydrogens is 316 g/mol. The molecule has 110 valence electrons. The van der Waals surface area contributed by atoms with Crippen LogP contribution in [-0.2, 0) is 11.3 Å².